The molecular weight excluding hydrogens is 384 g/mol. The number of ether oxygens (including phenoxy) is 1. The lowest BCUT2D eigenvalue weighted by molar-refractivity contribution is 0.0511. The van der Waals surface area contributed by atoms with Crippen LogP contribution in [0.3, 0.4) is 0 Å². The third-order valence-corrected chi connectivity index (χ3v) is 6.03. The fourth-order valence-corrected chi connectivity index (χ4v) is 4.41. The fourth-order valence-electron chi connectivity index (χ4n) is 3.82. The maximum Gasteiger partial charge on any atom is 0.265 e. The van der Waals surface area contributed by atoms with Crippen molar-refractivity contribution in [3.05, 3.63) is 52.0 Å². The van der Waals surface area contributed by atoms with Crippen LogP contribution in [-0.4, -0.2) is 54.1 Å². The van der Waals surface area contributed by atoms with E-state index in [9.17, 15) is 4.79 Å². The highest BCUT2D eigenvalue weighted by Crippen LogP contribution is 2.27. The molecule has 0 bridgehead atoms. The second-order valence-corrected chi connectivity index (χ2v) is 8.58. The first-order chi connectivity index (χ1) is 14.0. The molecule has 1 amide bonds. The van der Waals surface area contributed by atoms with Gasteiger partial charge in [-0.3, -0.25) is 9.78 Å². The molecular formula is C22H26N4O2S. The van der Waals surface area contributed by atoms with Crippen molar-refractivity contribution in [3.63, 3.8) is 0 Å². The first-order valence-electron chi connectivity index (χ1n) is 9.89. The number of rotatable bonds is 6. The van der Waals surface area contributed by atoms with Crippen LogP contribution in [0.4, 0.5) is 5.82 Å². The molecule has 1 aliphatic rings. The van der Waals surface area contributed by atoms with Crippen molar-refractivity contribution in [2.75, 3.05) is 32.1 Å². The topological polar surface area (TPSA) is 58.6 Å². The zero-order valence-corrected chi connectivity index (χ0v) is 17.9. The second kappa shape index (κ2) is 8.47. The molecule has 0 saturated carbocycles. The molecule has 0 radical (unpaired) electrons. The molecule has 1 unspecified atom stereocenters. The highest BCUT2D eigenvalue weighted by molar-refractivity contribution is 7.11. The van der Waals surface area contributed by atoms with E-state index in [2.05, 4.69) is 30.1 Å². The summed E-state index contributed by atoms with van der Waals surface area (Å²) in [4.78, 5) is 26.8. The normalized spacial score (nSPS) is 16.3. The average Bonchev–Trinajstić information content (AvgIpc) is 3.41. The predicted octanol–water partition coefficient (Wildman–Crippen LogP) is 3.89. The van der Waals surface area contributed by atoms with Crippen molar-refractivity contribution < 1.29 is 9.53 Å². The molecule has 152 valence electrons. The molecule has 2 aromatic heterocycles. The third-order valence-electron chi connectivity index (χ3n) is 5.27. The van der Waals surface area contributed by atoms with Gasteiger partial charge in [-0.15, -0.1) is 11.3 Å². The number of nitrogens with zero attached hydrogens (tertiary/aromatic N) is 4. The van der Waals surface area contributed by atoms with Gasteiger partial charge in [0.1, 0.15) is 10.7 Å². The molecule has 1 saturated heterocycles. The molecule has 1 aromatic carbocycles. The Labute approximate surface area is 175 Å². The van der Waals surface area contributed by atoms with Crippen LogP contribution in [0.1, 0.15) is 33.6 Å². The Kier molecular flexibility index (Phi) is 5.78. The van der Waals surface area contributed by atoms with Crippen molar-refractivity contribution >= 4 is 34.0 Å². The van der Waals surface area contributed by atoms with Crippen LogP contribution in [0.25, 0.3) is 10.9 Å². The van der Waals surface area contributed by atoms with Crippen LogP contribution < -0.4 is 4.90 Å². The lowest BCUT2D eigenvalue weighted by Crippen LogP contribution is -2.37. The number of amides is 1. The summed E-state index contributed by atoms with van der Waals surface area (Å²) in [5.74, 6) is 0.887. The van der Waals surface area contributed by atoms with Crippen molar-refractivity contribution in [1.29, 1.82) is 0 Å². The van der Waals surface area contributed by atoms with Gasteiger partial charge in [0.2, 0.25) is 0 Å². The van der Waals surface area contributed by atoms with Gasteiger partial charge in [-0.05, 0) is 31.4 Å². The van der Waals surface area contributed by atoms with Crippen LogP contribution in [-0.2, 0) is 11.3 Å². The zero-order valence-electron chi connectivity index (χ0n) is 17.1. The highest BCUT2D eigenvalue weighted by atomic mass is 32.1. The summed E-state index contributed by atoms with van der Waals surface area (Å²) < 4.78 is 5.82. The SMILES string of the molecule is Cc1cccc2cc(CN(CC3CCCO3)C(=O)c3cncs3)c(N(C)C)nc12. The van der Waals surface area contributed by atoms with Crippen LogP contribution in [0, 0.1) is 6.92 Å². The van der Waals surface area contributed by atoms with Gasteiger partial charge in [0, 0.05) is 44.7 Å². The van der Waals surface area contributed by atoms with E-state index in [-0.39, 0.29) is 12.0 Å². The van der Waals surface area contributed by atoms with Gasteiger partial charge >= 0.3 is 0 Å². The monoisotopic (exact) mass is 410 g/mol. The molecule has 7 heteroatoms. The van der Waals surface area contributed by atoms with Crippen LogP contribution in [0.2, 0.25) is 0 Å². The van der Waals surface area contributed by atoms with Crippen molar-refractivity contribution in [1.82, 2.24) is 14.9 Å². The number of benzene rings is 1. The maximum absolute atomic E-state index is 13.2. The molecule has 1 aliphatic heterocycles. The molecule has 0 aliphatic carbocycles. The van der Waals surface area contributed by atoms with E-state index in [0.29, 0.717) is 18.0 Å². The number of aromatic nitrogens is 2. The summed E-state index contributed by atoms with van der Waals surface area (Å²) in [6, 6.07) is 8.36. The number of hydrogen-bond acceptors (Lipinski definition) is 6. The zero-order chi connectivity index (χ0) is 20.4. The third kappa shape index (κ3) is 4.26. The van der Waals surface area contributed by atoms with E-state index < -0.39 is 0 Å². The van der Waals surface area contributed by atoms with E-state index in [1.165, 1.54) is 11.3 Å². The number of thiazole rings is 1. The van der Waals surface area contributed by atoms with Crippen molar-refractivity contribution in [2.45, 2.75) is 32.4 Å². The number of pyridine rings is 1. The fraction of sp³-hybridized carbons (Fsp3) is 0.409. The summed E-state index contributed by atoms with van der Waals surface area (Å²) in [7, 11) is 3.98. The minimum absolute atomic E-state index is 0.00274. The Balaban J connectivity index is 1.71. The molecule has 0 N–H and O–H groups in total. The van der Waals surface area contributed by atoms with E-state index >= 15 is 0 Å². The summed E-state index contributed by atoms with van der Waals surface area (Å²) in [6.07, 6.45) is 3.77. The first-order valence-corrected chi connectivity index (χ1v) is 10.8. The molecule has 3 heterocycles. The number of carbonyl (C=O) groups is 1. The lowest BCUT2D eigenvalue weighted by Gasteiger charge is -2.27. The molecule has 4 rings (SSSR count). The van der Waals surface area contributed by atoms with Crippen LogP contribution in [0.15, 0.2) is 36.0 Å². The van der Waals surface area contributed by atoms with Gasteiger partial charge in [-0.25, -0.2) is 4.98 Å². The molecule has 1 fully saturated rings. The van der Waals surface area contributed by atoms with Gasteiger partial charge in [0.15, 0.2) is 0 Å². The summed E-state index contributed by atoms with van der Waals surface area (Å²) in [5.41, 5.74) is 4.88. The molecule has 29 heavy (non-hydrogen) atoms. The Bertz CT molecular complexity index is 997. The summed E-state index contributed by atoms with van der Waals surface area (Å²) in [5, 5.41) is 1.09. The van der Waals surface area contributed by atoms with E-state index in [4.69, 9.17) is 9.72 Å². The number of fused-ring (bicyclic) bond motifs is 1. The number of aryl methyl sites for hydroxylation is 1. The molecule has 6 nitrogen and oxygen atoms in total. The number of para-hydroxylation sites is 1. The molecule has 3 aromatic rings. The van der Waals surface area contributed by atoms with Gasteiger partial charge in [-0.1, -0.05) is 18.2 Å². The minimum Gasteiger partial charge on any atom is -0.376 e. The van der Waals surface area contributed by atoms with Crippen LogP contribution in [0.5, 0.6) is 0 Å². The van der Waals surface area contributed by atoms with E-state index in [1.807, 2.05) is 30.0 Å². The Morgan fingerprint density at radius 1 is 1.34 bits per heavy atom. The quantitative estimate of drug-likeness (QED) is 0.617. The standard InChI is InChI=1S/C22H26N4O2S/c1-15-6-4-7-16-10-17(21(25(2)3)24-20(15)16)12-26(13-18-8-5-9-28-18)22(27)19-11-23-14-29-19/h4,6-7,10-11,14,18H,5,8-9,12-13H2,1-3H3. The van der Waals surface area contributed by atoms with Crippen LogP contribution >= 0.6 is 11.3 Å². The predicted molar refractivity (Wildman–Crippen MR) is 117 cm³/mol. The number of anilines is 1. The Hall–Kier alpha value is -2.51. The summed E-state index contributed by atoms with van der Waals surface area (Å²) in [6.45, 7) is 3.91. The minimum atomic E-state index is -0.00274. The Morgan fingerprint density at radius 3 is 2.90 bits per heavy atom. The van der Waals surface area contributed by atoms with Crippen molar-refractivity contribution in [2.24, 2.45) is 0 Å². The number of hydrogen-bond donors (Lipinski definition) is 0. The van der Waals surface area contributed by atoms with E-state index in [1.54, 1.807) is 11.7 Å². The Morgan fingerprint density at radius 2 is 2.21 bits per heavy atom. The number of carbonyl (C=O) groups excluding carboxylic acids is 1. The van der Waals surface area contributed by atoms with Gasteiger partial charge in [-0.2, -0.15) is 0 Å². The summed E-state index contributed by atoms with van der Waals surface area (Å²) >= 11 is 1.37. The average molecular weight is 411 g/mol. The van der Waals surface area contributed by atoms with Crippen molar-refractivity contribution in [3.8, 4) is 0 Å². The van der Waals surface area contributed by atoms with Gasteiger partial charge in [0.25, 0.3) is 5.91 Å². The largest absolute Gasteiger partial charge is 0.376 e. The molecule has 0 spiro atoms. The maximum atomic E-state index is 13.2. The first kappa shape index (κ1) is 19.8. The molecule has 1 atom stereocenters. The van der Waals surface area contributed by atoms with Gasteiger partial charge in [0.05, 0.1) is 23.3 Å². The van der Waals surface area contributed by atoms with Gasteiger partial charge < -0.3 is 14.5 Å². The highest BCUT2D eigenvalue weighted by Gasteiger charge is 2.26. The lowest BCUT2D eigenvalue weighted by atomic mass is 10.1. The second-order valence-electron chi connectivity index (χ2n) is 7.70. The van der Waals surface area contributed by atoms with E-state index in [0.717, 1.165) is 47.3 Å². The smallest absolute Gasteiger partial charge is 0.265 e.